The van der Waals surface area contributed by atoms with Crippen molar-refractivity contribution in [3.63, 3.8) is 0 Å². The average Bonchev–Trinajstić information content (AvgIpc) is 2.64. The first kappa shape index (κ1) is 16.0. The summed E-state index contributed by atoms with van der Waals surface area (Å²) in [7, 11) is 0. The molecule has 0 heterocycles. The van der Waals surface area contributed by atoms with Crippen LogP contribution in [0.3, 0.4) is 0 Å². The molecule has 0 bridgehead atoms. The minimum atomic E-state index is 0.191. The molecular weight excluding hydrogens is 324 g/mol. The highest BCUT2D eigenvalue weighted by atomic mass is 16.5. The number of ether oxygens (including phenoxy) is 1. The summed E-state index contributed by atoms with van der Waals surface area (Å²) in [5.74, 6) is 1.82. The Morgan fingerprint density at radius 2 is 1.42 bits per heavy atom. The fraction of sp³-hybridized carbons (Fsp3) is 0.0435. The average molecular weight is 342 g/mol. The highest BCUT2D eigenvalue weighted by molar-refractivity contribution is 5.97. The summed E-state index contributed by atoms with van der Waals surface area (Å²) in [5.41, 5.74) is 2.93. The first-order chi connectivity index (χ1) is 12.6. The van der Waals surface area contributed by atoms with E-state index in [0.29, 0.717) is 5.75 Å². The van der Waals surface area contributed by atoms with E-state index in [1.165, 1.54) is 0 Å². The minimum absolute atomic E-state index is 0.191. The van der Waals surface area contributed by atoms with E-state index in [2.05, 4.69) is 6.07 Å². The molecule has 0 spiro atoms. The predicted octanol–water partition coefficient (Wildman–Crippen LogP) is 6.02. The molecule has 0 aliphatic heterocycles. The van der Waals surface area contributed by atoms with Crippen LogP contribution in [0, 0.1) is 6.92 Å². The Morgan fingerprint density at radius 3 is 2.15 bits per heavy atom. The number of phenolic OH excluding ortho intramolecular Hbond substituents is 2. The molecule has 0 saturated heterocycles. The van der Waals surface area contributed by atoms with Gasteiger partial charge in [-0.1, -0.05) is 42.5 Å². The van der Waals surface area contributed by atoms with Crippen LogP contribution in [0.15, 0.2) is 78.9 Å². The second-order valence-corrected chi connectivity index (χ2v) is 6.27. The van der Waals surface area contributed by atoms with E-state index in [4.69, 9.17) is 4.74 Å². The molecular formula is C23H18O3. The Hall–Kier alpha value is -3.46. The summed E-state index contributed by atoms with van der Waals surface area (Å²) in [4.78, 5) is 0. The molecule has 4 rings (SSSR count). The van der Waals surface area contributed by atoms with Crippen LogP contribution in [0.4, 0.5) is 0 Å². The molecule has 0 radical (unpaired) electrons. The number of aryl methyl sites for hydroxylation is 1. The molecule has 3 heteroatoms. The van der Waals surface area contributed by atoms with Crippen molar-refractivity contribution in [2.45, 2.75) is 6.92 Å². The van der Waals surface area contributed by atoms with E-state index in [-0.39, 0.29) is 11.5 Å². The molecule has 0 atom stereocenters. The van der Waals surface area contributed by atoms with Crippen LogP contribution in [-0.2, 0) is 0 Å². The van der Waals surface area contributed by atoms with Gasteiger partial charge in [-0.05, 0) is 59.8 Å². The zero-order valence-corrected chi connectivity index (χ0v) is 14.3. The summed E-state index contributed by atoms with van der Waals surface area (Å²) in [6, 6.07) is 24.0. The summed E-state index contributed by atoms with van der Waals surface area (Å²) in [6.07, 6.45) is 0. The monoisotopic (exact) mass is 342 g/mol. The first-order valence-electron chi connectivity index (χ1n) is 8.40. The Balaban J connectivity index is 2.01. The number of phenols is 2. The summed E-state index contributed by atoms with van der Waals surface area (Å²) in [6.45, 7) is 2.03. The third kappa shape index (κ3) is 2.95. The number of hydrogen-bond acceptors (Lipinski definition) is 3. The van der Waals surface area contributed by atoms with Gasteiger partial charge in [0.2, 0.25) is 0 Å². The van der Waals surface area contributed by atoms with E-state index in [0.717, 1.165) is 33.2 Å². The van der Waals surface area contributed by atoms with E-state index < -0.39 is 0 Å². The lowest BCUT2D eigenvalue weighted by molar-refractivity contribution is 0.474. The van der Waals surface area contributed by atoms with Gasteiger partial charge in [0.15, 0.2) is 0 Å². The van der Waals surface area contributed by atoms with E-state index in [1.54, 1.807) is 24.3 Å². The predicted molar refractivity (Wildman–Crippen MR) is 104 cm³/mol. The standard InChI is InChI=1S/C23H18O3/c1-15-13-17-9-12-19(25)14-21(17)23(26-20-5-3-2-4-6-20)22(15)16-7-10-18(24)11-8-16/h2-14,24-25H,1H3. The summed E-state index contributed by atoms with van der Waals surface area (Å²) in [5, 5.41) is 21.5. The highest BCUT2D eigenvalue weighted by Gasteiger charge is 2.16. The van der Waals surface area contributed by atoms with Crippen molar-refractivity contribution < 1.29 is 14.9 Å². The van der Waals surface area contributed by atoms with E-state index in [9.17, 15) is 10.2 Å². The van der Waals surface area contributed by atoms with Gasteiger partial charge in [0, 0.05) is 10.9 Å². The minimum Gasteiger partial charge on any atom is -0.508 e. The molecule has 4 aromatic rings. The molecule has 0 unspecified atom stereocenters. The van der Waals surface area contributed by atoms with Crippen molar-refractivity contribution in [3.8, 4) is 34.1 Å². The Morgan fingerprint density at radius 1 is 0.731 bits per heavy atom. The molecule has 26 heavy (non-hydrogen) atoms. The summed E-state index contributed by atoms with van der Waals surface area (Å²) >= 11 is 0. The molecule has 0 aliphatic rings. The first-order valence-corrected chi connectivity index (χ1v) is 8.40. The molecule has 3 nitrogen and oxygen atoms in total. The molecule has 128 valence electrons. The van der Waals surface area contributed by atoms with Gasteiger partial charge in [-0.15, -0.1) is 0 Å². The van der Waals surface area contributed by atoms with Crippen LogP contribution >= 0.6 is 0 Å². The topological polar surface area (TPSA) is 49.7 Å². The molecule has 4 aromatic carbocycles. The quantitative estimate of drug-likeness (QED) is 0.479. The molecule has 0 fully saturated rings. The smallest absolute Gasteiger partial charge is 0.143 e. The molecule has 0 saturated carbocycles. The van der Waals surface area contributed by atoms with Crippen molar-refractivity contribution in [3.05, 3.63) is 84.4 Å². The number of hydrogen-bond donors (Lipinski definition) is 2. The fourth-order valence-electron chi connectivity index (χ4n) is 3.19. The second kappa shape index (κ2) is 6.45. The molecule has 2 N–H and O–H groups in total. The SMILES string of the molecule is Cc1cc2ccc(O)cc2c(Oc2ccccc2)c1-c1ccc(O)cc1. The van der Waals surface area contributed by atoms with Crippen LogP contribution in [-0.4, -0.2) is 10.2 Å². The third-order valence-electron chi connectivity index (χ3n) is 4.39. The molecule has 0 amide bonds. The Labute approximate surface area is 151 Å². The number of rotatable bonds is 3. The lowest BCUT2D eigenvalue weighted by Gasteiger charge is -2.17. The maximum atomic E-state index is 10.00. The summed E-state index contributed by atoms with van der Waals surface area (Å²) < 4.78 is 6.27. The maximum absolute atomic E-state index is 10.00. The van der Waals surface area contributed by atoms with Crippen molar-refractivity contribution in [1.82, 2.24) is 0 Å². The van der Waals surface area contributed by atoms with Gasteiger partial charge in [0.05, 0.1) is 0 Å². The van der Waals surface area contributed by atoms with Crippen LogP contribution in [0.25, 0.3) is 21.9 Å². The van der Waals surface area contributed by atoms with Gasteiger partial charge < -0.3 is 14.9 Å². The lowest BCUT2D eigenvalue weighted by atomic mass is 9.94. The number of fused-ring (bicyclic) bond motifs is 1. The van der Waals surface area contributed by atoms with Gasteiger partial charge in [-0.3, -0.25) is 0 Å². The highest BCUT2D eigenvalue weighted by Crippen LogP contribution is 2.43. The number of para-hydroxylation sites is 1. The third-order valence-corrected chi connectivity index (χ3v) is 4.39. The van der Waals surface area contributed by atoms with Crippen molar-refractivity contribution in [1.29, 1.82) is 0 Å². The normalized spacial score (nSPS) is 10.8. The van der Waals surface area contributed by atoms with E-state index in [1.807, 2.05) is 55.5 Å². The van der Waals surface area contributed by atoms with Crippen molar-refractivity contribution in [2.75, 3.05) is 0 Å². The van der Waals surface area contributed by atoms with Crippen molar-refractivity contribution in [2.24, 2.45) is 0 Å². The van der Waals surface area contributed by atoms with Crippen LogP contribution in [0.2, 0.25) is 0 Å². The van der Waals surface area contributed by atoms with Crippen LogP contribution < -0.4 is 4.74 Å². The zero-order chi connectivity index (χ0) is 18.1. The lowest BCUT2D eigenvalue weighted by Crippen LogP contribution is -1.93. The van der Waals surface area contributed by atoms with Gasteiger partial charge in [0.1, 0.15) is 23.0 Å². The number of aromatic hydroxyl groups is 2. The fourth-order valence-corrected chi connectivity index (χ4v) is 3.19. The zero-order valence-electron chi connectivity index (χ0n) is 14.3. The van der Waals surface area contributed by atoms with Gasteiger partial charge in [0.25, 0.3) is 0 Å². The molecule has 0 aromatic heterocycles. The van der Waals surface area contributed by atoms with Crippen LogP contribution in [0.5, 0.6) is 23.0 Å². The van der Waals surface area contributed by atoms with E-state index >= 15 is 0 Å². The number of benzene rings is 4. The largest absolute Gasteiger partial charge is 0.508 e. The molecule has 0 aliphatic carbocycles. The second-order valence-electron chi connectivity index (χ2n) is 6.27. The van der Waals surface area contributed by atoms with Gasteiger partial charge in [-0.2, -0.15) is 0 Å². The van der Waals surface area contributed by atoms with Crippen LogP contribution in [0.1, 0.15) is 5.56 Å². The Bertz CT molecular complexity index is 1070. The van der Waals surface area contributed by atoms with Gasteiger partial charge in [-0.25, -0.2) is 0 Å². The van der Waals surface area contributed by atoms with Crippen molar-refractivity contribution >= 4 is 10.8 Å². The maximum Gasteiger partial charge on any atom is 0.143 e. The Kier molecular flexibility index (Phi) is 3.98. The van der Waals surface area contributed by atoms with Gasteiger partial charge >= 0.3 is 0 Å².